The van der Waals surface area contributed by atoms with Crippen LogP contribution in [0.2, 0.25) is 0 Å². The smallest absolute Gasteiger partial charge is 0.371 e. The maximum atomic E-state index is 10.2. The van der Waals surface area contributed by atoms with Gasteiger partial charge in [-0.15, -0.1) is 0 Å². The molecule has 0 bridgehead atoms. The summed E-state index contributed by atoms with van der Waals surface area (Å²) in [7, 11) is 0. The lowest BCUT2D eigenvalue weighted by Gasteiger charge is -2.03. The van der Waals surface area contributed by atoms with Gasteiger partial charge < -0.3 is 24.8 Å². The van der Waals surface area contributed by atoms with Crippen LogP contribution in [0.25, 0.3) is 0 Å². The van der Waals surface area contributed by atoms with E-state index in [-0.39, 0.29) is 11.5 Å². The summed E-state index contributed by atoms with van der Waals surface area (Å²) in [5.74, 6) is -3.31. The first-order chi connectivity index (χ1) is 7.75. The van der Waals surface area contributed by atoms with Crippen LogP contribution in [0, 0.1) is 0 Å². The first-order valence-electron chi connectivity index (χ1n) is 4.68. The highest BCUT2D eigenvalue weighted by atomic mass is 16.4. The number of hydrogen-bond donors (Lipinski definition) is 4. The average Bonchev–Trinajstić information content (AvgIpc) is 2.66. The largest absolute Gasteiger partial charge is 0.475 e. The second-order valence-electron chi connectivity index (χ2n) is 3.26. The fourth-order valence-corrected chi connectivity index (χ4v) is 0.568. The second kappa shape index (κ2) is 6.66. The lowest BCUT2D eigenvalue weighted by molar-refractivity contribution is 0.0438. The highest BCUT2D eigenvalue weighted by molar-refractivity contribution is 5.88. The SMILES string of the molecule is CC(O)C(C)O.O=C(O)c1ccc(C(=O)O)o1. The van der Waals surface area contributed by atoms with Crippen molar-refractivity contribution in [3.8, 4) is 0 Å². The fraction of sp³-hybridized carbons (Fsp3) is 0.400. The van der Waals surface area contributed by atoms with Gasteiger partial charge in [0.15, 0.2) is 0 Å². The molecule has 1 aromatic rings. The molecule has 0 aliphatic heterocycles. The Morgan fingerprint density at radius 3 is 1.41 bits per heavy atom. The van der Waals surface area contributed by atoms with Gasteiger partial charge in [-0.2, -0.15) is 0 Å². The molecule has 0 aliphatic rings. The Labute approximate surface area is 96.9 Å². The zero-order valence-corrected chi connectivity index (χ0v) is 9.32. The first kappa shape index (κ1) is 15.1. The Balaban J connectivity index is 0.000000366. The van der Waals surface area contributed by atoms with Crippen LogP contribution in [0.4, 0.5) is 0 Å². The molecule has 2 unspecified atom stereocenters. The third-order valence-electron chi connectivity index (χ3n) is 1.73. The monoisotopic (exact) mass is 246 g/mol. The van der Waals surface area contributed by atoms with Gasteiger partial charge in [-0.25, -0.2) is 9.59 Å². The van der Waals surface area contributed by atoms with E-state index in [1.165, 1.54) is 0 Å². The lowest BCUT2D eigenvalue weighted by Crippen LogP contribution is -2.17. The average molecular weight is 246 g/mol. The number of rotatable bonds is 3. The van der Waals surface area contributed by atoms with Crippen LogP contribution < -0.4 is 0 Å². The van der Waals surface area contributed by atoms with E-state index in [1.807, 2.05) is 0 Å². The predicted molar refractivity (Wildman–Crippen MR) is 56.0 cm³/mol. The topological polar surface area (TPSA) is 128 Å². The van der Waals surface area contributed by atoms with Gasteiger partial charge in [0.1, 0.15) is 0 Å². The highest BCUT2D eigenvalue weighted by Crippen LogP contribution is 2.06. The van der Waals surface area contributed by atoms with Crippen LogP contribution in [-0.2, 0) is 0 Å². The minimum Gasteiger partial charge on any atom is -0.475 e. The molecule has 0 aromatic carbocycles. The molecule has 0 saturated carbocycles. The van der Waals surface area contributed by atoms with Crippen LogP contribution in [0.1, 0.15) is 35.0 Å². The van der Waals surface area contributed by atoms with Gasteiger partial charge in [-0.05, 0) is 26.0 Å². The van der Waals surface area contributed by atoms with E-state index in [0.717, 1.165) is 12.1 Å². The molecule has 17 heavy (non-hydrogen) atoms. The third kappa shape index (κ3) is 5.69. The van der Waals surface area contributed by atoms with Crippen molar-refractivity contribution in [2.24, 2.45) is 0 Å². The third-order valence-corrected chi connectivity index (χ3v) is 1.73. The molecule has 7 nitrogen and oxygen atoms in total. The summed E-state index contributed by atoms with van der Waals surface area (Å²) >= 11 is 0. The van der Waals surface area contributed by atoms with Gasteiger partial charge >= 0.3 is 11.9 Å². The van der Waals surface area contributed by atoms with Crippen LogP contribution in [0.5, 0.6) is 0 Å². The van der Waals surface area contributed by atoms with Crippen molar-refractivity contribution in [3.63, 3.8) is 0 Å². The number of aromatic carboxylic acids is 2. The van der Waals surface area contributed by atoms with Gasteiger partial charge in [0.2, 0.25) is 11.5 Å². The first-order valence-corrected chi connectivity index (χ1v) is 4.68. The number of carboxylic acid groups (broad SMARTS) is 2. The molecule has 0 aliphatic carbocycles. The van der Waals surface area contributed by atoms with E-state index < -0.39 is 24.1 Å². The Morgan fingerprint density at radius 2 is 1.29 bits per heavy atom. The molecule has 7 heteroatoms. The second-order valence-corrected chi connectivity index (χ2v) is 3.26. The molecule has 1 heterocycles. The van der Waals surface area contributed by atoms with Gasteiger partial charge in [0.25, 0.3) is 0 Å². The van der Waals surface area contributed by atoms with Crippen LogP contribution in [-0.4, -0.2) is 44.6 Å². The fourth-order valence-electron chi connectivity index (χ4n) is 0.568. The number of furan rings is 1. The van der Waals surface area contributed by atoms with Crippen LogP contribution >= 0.6 is 0 Å². The van der Waals surface area contributed by atoms with E-state index >= 15 is 0 Å². The summed E-state index contributed by atoms with van der Waals surface area (Å²) in [6.07, 6.45) is -1.19. The molecule has 4 N–H and O–H groups in total. The lowest BCUT2D eigenvalue weighted by atomic mass is 10.3. The summed E-state index contributed by atoms with van der Waals surface area (Å²) in [5, 5.41) is 33.3. The standard InChI is InChI=1S/C6H4O5.C4H10O2/c7-5(8)3-1-2-4(11-3)6(9)10;1-3(5)4(2)6/h1-2H,(H,7,8)(H,9,10);3-6H,1-2H3. The normalized spacial score (nSPS) is 13.2. The van der Waals surface area contributed by atoms with Gasteiger partial charge in [-0.1, -0.05) is 0 Å². The minimum absolute atomic E-state index is 0.373. The van der Waals surface area contributed by atoms with Crippen molar-refractivity contribution in [2.75, 3.05) is 0 Å². The maximum Gasteiger partial charge on any atom is 0.371 e. The van der Waals surface area contributed by atoms with Crippen LogP contribution in [0.3, 0.4) is 0 Å². The molecule has 2 atom stereocenters. The molecule has 1 aromatic heterocycles. The van der Waals surface area contributed by atoms with Crippen molar-refractivity contribution in [2.45, 2.75) is 26.1 Å². The zero-order valence-electron chi connectivity index (χ0n) is 9.32. The summed E-state index contributed by atoms with van der Waals surface area (Å²) in [6.45, 7) is 3.09. The summed E-state index contributed by atoms with van der Waals surface area (Å²) in [4.78, 5) is 20.3. The van der Waals surface area contributed by atoms with Crippen molar-refractivity contribution < 1.29 is 34.4 Å². The molecular weight excluding hydrogens is 232 g/mol. The quantitative estimate of drug-likeness (QED) is 0.608. The van der Waals surface area contributed by atoms with Gasteiger partial charge in [0, 0.05) is 0 Å². The molecule has 1 rings (SSSR count). The summed E-state index contributed by atoms with van der Waals surface area (Å²) in [6, 6.07) is 2.18. The van der Waals surface area contributed by atoms with E-state index in [1.54, 1.807) is 13.8 Å². The van der Waals surface area contributed by atoms with E-state index in [9.17, 15) is 9.59 Å². The predicted octanol–water partition coefficient (Wildman–Crippen LogP) is 0.424. The molecule has 0 spiro atoms. The number of carbonyl (C=O) groups is 2. The molecule has 0 saturated heterocycles. The number of carboxylic acids is 2. The number of aliphatic hydroxyl groups is 2. The molecule has 0 fully saturated rings. The molecule has 0 amide bonds. The van der Waals surface area contributed by atoms with E-state index in [4.69, 9.17) is 20.4 Å². The molecular formula is C10H14O7. The maximum absolute atomic E-state index is 10.2. The van der Waals surface area contributed by atoms with Gasteiger partial charge in [0.05, 0.1) is 12.2 Å². The van der Waals surface area contributed by atoms with Crippen molar-refractivity contribution >= 4 is 11.9 Å². The number of hydrogen-bond acceptors (Lipinski definition) is 5. The van der Waals surface area contributed by atoms with E-state index in [2.05, 4.69) is 4.42 Å². The zero-order chi connectivity index (χ0) is 13.6. The molecule has 96 valence electrons. The van der Waals surface area contributed by atoms with E-state index in [0.29, 0.717) is 0 Å². The van der Waals surface area contributed by atoms with Gasteiger partial charge in [-0.3, -0.25) is 0 Å². The Morgan fingerprint density at radius 1 is 1.00 bits per heavy atom. The highest BCUT2D eigenvalue weighted by Gasteiger charge is 2.12. The Kier molecular flexibility index (Phi) is 5.94. The van der Waals surface area contributed by atoms with Crippen molar-refractivity contribution in [1.82, 2.24) is 0 Å². The minimum atomic E-state index is -1.28. The molecule has 0 radical (unpaired) electrons. The summed E-state index contributed by atoms with van der Waals surface area (Å²) < 4.78 is 4.41. The van der Waals surface area contributed by atoms with Crippen molar-refractivity contribution in [3.05, 3.63) is 23.7 Å². The summed E-state index contributed by atoms with van der Waals surface area (Å²) in [5.41, 5.74) is 0. The Hall–Kier alpha value is -1.86. The number of aliphatic hydroxyl groups excluding tert-OH is 2. The van der Waals surface area contributed by atoms with Crippen molar-refractivity contribution in [1.29, 1.82) is 0 Å². The van der Waals surface area contributed by atoms with Crippen LogP contribution in [0.15, 0.2) is 16.5 Å². The Bertz CT molecular complexity index is 343.